The third kappa shape index (κ3) is 6.71. The Morgan fingerprint density at radius 2 is 1.88 bits per heavy atom. The Balaban J connectivity index is 1.49. The molecule has 1 aliphatic rings. The summed E-state index contributed by atoms with van der Waals surface area (Å²) in [4.78, 5) is 24.1. The summed E-state index contributed by atoms with van der Waals surface area (Å²) in [5.41, 5.74) is 3.44. The lowest BCUT2D eigenvalue weighted by atomic mass is 10.1. The summed E-state index contributed by atoms with van der Waals surface area (Å²) in [5, 5.41) is 13.2. The minimum atomic E-state index is -0.239. The molecule has 1 aromatic carbocycles. The number of benzene rings is 1. The molecule has 0 unspecified atom stereocenters. The maximum atomic E-state index is 12.8. The van der Waals surface area contributed by atoms with E-state index in [2.05, 4.69) is 35.7 Å². The number of carbonyl (C=O) groups is 1. The molecule has 0 saturated carbocycles. The quantitative estimate of drug-likeness (QED) is 0.487. The van der Waals surface area contributed by atoms with Crippen LogP contribution in [0.25, 0.3) is 12.2 Å². The van der Waals surface area contributed by atoms with Crippen molar-refractivity contribution in [3.8, 4) is 0 Å². The number of aromatic nitrogens is 4. The number of aromatic amines is 1. The lowest BCUT2D eigenvalue weighted by Gasteiger charge is -2.26. The van der Waals surface area contributed by atoms with Gasteiger partial charge in [0.05, 0.1) is 13.2 Å². The van der Waals surface area contributed by atoms with E-state index < -0.39 is 0 Å². The van der Waals surface area contributed by atoms with E-state index in [1.165, 1.54) is 5.56 Å². The van der Waals surface area contributed by atoms with Gasteiger partial charge in [0.2, 0.25) is 0 Å². The van der Waals surface area contributed by atoms with Gasteiger partial charge in [0.25, 0.3) is 5.91 Å². The van der Waals surface area contributed by atoms with Crippen molar-refractivity contribution in [1.29, 1.82) is 0 Å². The van der Waals surface area contributed by atoms with Crippen LogP contribution >= 0.6 is 0 Å². The van der Waals surface area contributed by atoms with Crippen LogP contribution in [0.5, 0.6) is 0 Å². The SMILES string of the molecule is Cc1ccc(C=Cc2nc(Nc3cc(C)[nH]n3)cc(C(=O)NCCN3CCOCC3)n2)cc1. The molecule has 1 fully saturated rings. The van der Waals surface area contributed by atoms with Crippen LogP contribution in [0.4, 0.5) is 11.6 Å². The van der Waals surface area contributed by atoms with Crippen LogP contribution in [-0.4, -0.2) is 70.4 Å². The van der Waals surface area contributed by atoms with E-state index in [1.807, 2.05) is 50.3 Å². The summed E-state index contributed by atoms with van der Waals surface area (Å²) in [6.45, 7) is 8.52. The van der Waals surface area contributed by atoms with E-state index in [0.29, 0.717) is 29.7 Å². The number of H-pyrrole nitrogens is 1. The Morgan fingerprint density at radius 1 is 1.09 bits per heavy atom. The van der Waals surface area contributed by atoms with Crippen molar-refractivity contribution in [2.75, 3.05) is 44.7 Å². The number of rotatable bonds is 8. The highest BCUT2D eigenvalue weighted by Gasteiger charge is 2.14. The maximum absolute atomic E-state index is 12.8. The van der Waals surface area contributed by atoms with Crippen molar-refractivity contribution in [3.05, 3.63) is 64.7 Å². The first kappa shape index (κ1) is 22.6. The zero-order valence-corrected chi connectivity index (χ0v) is 19.0. The Hall–Kier alpha value is -3.56. The van der Waals surface area contributed by atoms with Gasteiger partial charge < -0.3 is 15.4 Å². The normalized spacial score (nSPS) is 14.5. The number of nitrogens with one attached hydrogen (secondary N) is 3. The zero-order chi connectivity index (χ0) is 23.0. The number of ether oxygens (including phenoxy) is 1. The van der Waals surface area contributed by atoms with E-state index in [4.69, 9.17) is 4.74 Å². The van der Waals surface area contributed by atoms with E-state index in [-0.39, 0.29) is 5.91 Å². The molecule has 2 aromatic heterocycles. The standard InChI is InChI=1S/C24H29N7O2/c1-17-3-5-19(6-4-17)7-8-21-26-20(16-22(27-21)28-23-15-18(2)29-30-23)24(32)25-9-10-31-11-13-33-14-12-31/h3-8,15-16H,9-14H2,1-2H3,(H,25,32)(H2,26,27,28,29,30). The van der Waals surface area contributed by atoms with Crippen LogP contribution in [0.15, 0.2) is 36.4 Å². The molecular weight excluding hydrogens is 418 g/mol. The maximum Gasteiger partial charge on any atom is 0.270 e. The van der Waals surface area contributed by atoms with Gasteiger partial charge >= 0.3 is 0 Å². The molecule has 9 nitrogen and oxygen atoms in total. The number of morpholine rings is 1. The molecule has 33 heavy (non-hydrogen) atoms. The van der Waals surface area contributed by atoms with Gasteiger partial charge in [-0.25, -0.2) is 9.97 Å². The summed E-state index contributed by atoms with van der Waals surface area (Å²) in [7, 11) is 0. The fraction of sp³-hybridized carbons (Fsp3) is 0.333. The predicted molar refractivity (Wildman–Crippen MR) is 128 cm³/mol. The molecule has 0 spiro atoms. The molecule has 172 valence electrons. The Kier molecular flexibility index (Phi) is 7.43. The molecular formula is C24H29N7O2. The molecule has 4 rings (SSSR count). The average Bonchev–Trinajstić information content (AvgIpc) is 3.23. The van der Waals surface area contributed by atoms with Crippen LogP contribution in [-0.2, 0) is 4.74 Å². The predicted octanol–water partition coefficient (Wildman–Crippen LogP) is 2.79. The van der Waals surface area contributed by atoms with Crippen molar-refractivity contribution < 1.29 is 9.53 Å². The minimum Gasteiger partial charge on any atom is -0.379 e. The number of hydrogen-bond acceptors (Lipinski definition) is 7. The van der Waals surface area contributed by atoms with Gasteiger partial charge in [-0.05, 0) is 25.5 Å². The highest BCUT2D eigenvalue weighted by atomic mass is 16.5. The fourth-order valence-electron chi connectivity index (χ4n) is 3.43. The van der Waals surface area contributed by atoms with Crippen molar-refractivity contribution in [2.45, 2.75) is 13.8 Å². The second kappa shape index (κ2) is 10.8. The largest absolute Gasteiger partial charge is 0.379 e. The highest BCUT2D eigenvalue weighted by Crippen LogP contribution is 2.16. The summed E-state index contributed by atoms with van der Waals surface area (Å²) in [5.74, 6) is 1.32. The van der Waals surface area contributed by atoms with Gasteiger partial charge in [0, 0.05) is 44.0 Å². The van der Waals surface area contributed by atoms with Crippen LogP contribution < -0.4 is 10.6 Å². The first-order valence-electron chi connectivity index (χ1n) is 11.1. The summed E-state index contributed by atoms with van der Waals surface area (Å²) in [6.07, 6.45) is 3.73. The van der Waals surface area contributed by atoms with Crippen LogP contribution in [0, 0.1) is 13.8 Å². The third-order valence-corrected chi connectivity index (χ3v) is 5.26. The molecule has 3 N–H and O–H groups in total. The number of hydrogen-bond donors (Lipinski definition) is 3. The van der Waals surface area contributed by atoms with Crippen molar-refractivity contribution >= 4 is 29.7 Å². The van der Waals surface area contributed by atoms with Gasteiger partial charge in [-0.3, -0.25) is 14.8 Å². The molecule has 0 radical (unpaired) electrons. The second-order valence-corrected chi connectivity index (χ2v) is 8.01. The molecule has 0 aliphatic carbocycles. The van der Waals surface area contributed by atoms with E-state index in [9.17, 15) is 4.79 Å². The molecule has 3 heterocycles. The van der Waals surface area contributed by atoms with Crippen molar-refractivity contribution in [2.24, 2.45) is 0 Å². The average molecular weight is 448 g/mol. The topological polar surface area (TPSA) is 108 Å². The summed E-state index contributed by atoms with van der Waals surface area (Å²) < 4.78 is 5.37. The van der Waals surface area contributed by atoms with Gasteiger partial charge in [-0.15, -0.1) is 0 Å². The first-order valence-corrected chi connectivity index (χ1v) is 11.1. The van der Waals surface area contributed by atoms with Gasteiger partial charge in [-0.1, -0.05) is 35.9 Å². The molecule has 1 aliphatic heterocycles. The lowest BCUT2D eigenvalue weighted by Crippen LogP contribution is -2.41. The van der Waals surface area contributed by atoms with E-state index >= 15 is 0 Å². The van der Waals surface area contributed by atoms with Crippen molar-refractivity contribution in [1.82, 2.24) is 30.4 Å². The molecule has 1 saturated heterocycles. The van der Waals surface area contributed by atoms with E-state index in [0.717, 1.165) is 44.1 Å². The minimum absolute atomic E-state index is 0.239. The molecule has 0 bridgehead atoms. The molecule has 9 heteroatoms. The molecule has 3 aromatic rings. The molecule has 0 atom stereocenters. The van der Waals surface area contributed by atoms with Crippen molar-refractivity contribution in [3.63, 3.8) is 0 Å². The number of carbonyl (C=O) groups excluding carboxylic acids is 1. The third-order valence-electron chi connectivity index (χ3n) is 5.26. The molecule has 1 amide bonds. The van der Waals surface area contributed by atoms with Gasteiger partial charge in [-0.2, -0.15) is 5.10 Å². The second-order valence-electron chi connectivity index (χ2n) is 8.01. The zero-order valence-electron chi connectivity index (χ0n) is 19.0. The fourth-order valence-corrected chi connectivity index (χ4v) is 3.43. The number of amides is 1. The number of aryl methyl sites for hydroxylation is 2. The van der Waals surface area contributed by atoms with Crippen LogP contribution in [0.3, 0.4) is 0 Å². The highest BCUT2D eigenvalue weighted by molar-refractivity contribution is 5.93. The number of nitrogens with zero attached hydrogens (tertiary/aromatic N) is 4. The monoisotopic (exact) mass is 447 g/mol. The van der Waals surface area contributed by atoms with Crippen LogP contribution in [0.2, 0.25) is 0 Å². The Morgan fingerprint density at radius 3 is 2.61 bits per heavy atom. The summed E-state index contributed by atoms with van der Waals surface area (Å²) >= 11 is 0. The Labute approximate surface area is 193 Å². The number of anilines is 2. The lowest BCUT2D eigenvalue weighted by molar-refractivity contribution is 0.0383. The first-order chi connectivity index (χ1) is 16.0. The smallest absolute Gasteiger partial charge is 0.270 e. The van der Waals surface area contributed by atoms with Gasteiger partial charge in [0.15, 0.2) is 11.6 Å². The van der Waals surface area contributed by atoms with Crippen LogP contribution in [0.1, 0.15) is 33.1 Å². The van der Waals surface area contributed by atoms with Gasteiger partial charge in [0.1, 0.15) is 11.5 Å². The summed E-state index contributed by atoms with van der Waals surface area (Å²) in [6, 6.07) is 11.7. The van der Waals surface area contributed by atoms with E-state index in [1.54, 1.807) is 12.1 Å². The Bertz CT molecular complexity index is 1100.